The summed E-state index contributed by atoms with van der Waals surface area (Å²) >= 11 is 0. The number of rotatable bonds is 4. The number of amides is 2. The SMILES string of the molecule is CC(C)(NC(=O)c1ccccc1F)C(=O)N[C@@H]1CCC[C@@H](O)[C@@H]1O. The van der Waals surface area contributed by atoms with Gasteiger partial charge in [0.15, 0.2) is 0 Å². The van der Waals surface area contributed by atoms with Crippen molar-refractivity contribution in [3.05, 3.63) is 35.6 Å². The molecule has 1 aliphatic rings. The summed E-state index contributed by atoms with van der Waals surface area (Å²) in [6, 6.07) is 4.93. The van der Waals surface area contributed by atoms with Gasteiger partial charge in [-0.2, -0.15) is 0 Å². The van der Waals surface area contributed by atoms with Crippen LogP contribution >= 0.6 is 0 Å². The highest BCUT2D eigenvalue weighted by atomic mass is 19.1. The second-order valence-corrected chi connectivity index (χ2v) is 6.63. The summed E-state index contributed by atoms with van der Waals surface area (Å²) in [7, 11) is 0. The van der Waals surface area contributed by atoms with Gasteiger partial charge in [0.2, 0.25) is 5.91 Å². The van der Waals surface area contributed by atoms with Gasteiger partial charge in [-0.05, 0) is 45.2 Å². The van der Waals surface area contributed by atoms with Gasteiger partial charge in [0.05, 0.1) is 23.8 Å². The number of halogens is 1. The van der Waals surface area contributed by atoms with Crippen molar-refractivity contribution in [2.75, 3.05) is 0 Å². The highest BCUT2D eigenvalue weighted by Gasteiger charge is 2.36. The minimum Gasteiger partial charge on any atom is -0.390 e. The average molecular weight is 338 g/mol. The van der Waals surface area contributed by atoms with Crippen molar-refractivity contribution in [2.45, 2.75) is 56.9 Å². The average Bonchev–Trinajstić information content (AvgIpc) is 2.51. The molecule has 1 saturated carbocycles. The lowest BCUT2D eigenvalue weighted by molar-refractivity contribution is -0.129. The van der Waals surface area contributed by atoms with Gasteiger partial charge in [0, 0.05) is 0 Å². The van der Waals surface area contributed by atoms with Crippen molar-refractivity contribution >= 4 is 11.8 Å². The van der Waals surface area contributed by atoms with Crippen molar-refractivity contribution in [3.63, 3.8) is 0 Å². The van der Waals surface area contributed by atoms with E-state index in [1.165, 1.54) is 38.1 Å². The molecule has 1 aliphatic carbocycles. The van der Waals surface area contributed by atoms with Crippen LogP contribution in [-0.2, 0) is 4.79 Å². The van der Waals surface area contributed by atoms with Crippen LogP contribution in [0.2, 0.25) is 0 Å². The topological polar surface area (TPSA) is 98.7 Å². The minimum atomic E-state index is -1.30. The number of carbonyl (C=O) groups excluding carboxylic acids is 2. The Morgan fingerprint density at radius 2 is 1.88 bits per heavy atom. The fourth-order valence-corrected chi connectivity index (χ4v) is 2.72. The Balaban J connectivity index is 2.02. The van der Waals surface area contributed by atoms with E-state index in [4.69, 9.17) is 0 Å². The third-order valence-electron chi connectivity index (χ3n) is 4.25. The minimum absolute atomic E-state index is 0.147. The molecule has 1 aromatic rings. The third kappa shape index (κ3) is 4.10. The molecule has 1 fully saturated rings. The number of carbonyl (C=O) groups is 2. The van der Waals surface area contributed by atoms with E-state index in [0.29, 0.717) is 19.3 Å². The first kappa shape index (κ1) is 18.4. The van der Waals surface area contributed by atoms with Crippen LogP contribution in [0.3, 0.4) is 0 Å². The van der Waals surface area contributed by atoms with Gasteiger partial charge in [-0.3, -0.25) is 9.59 Å². The molecule has 0 bridgehead atoms. The van der Waals surface area contributed by atoms with Crippen LogP contribution in [0, 0.1) is 5.82 Å². The second kappa shape index (κ2) is 7.27. The summed E-state index contributed by atoms with van der Waals surface area (Å²) in [5.74, 6) is -1.88. The first-order valence-corrected chi connectivity index (χ1v) is 7.96. The van der Waals surface area contributed by atoms with Gasteiger partial charge in [-0.1, -0.05) is 12.1 Å². The molecule has 132 valence electrons. The first-order chi connectivity index (χ1) is 11.2. The van der Waals surface area contributed by atoms with Gasteiger partial charge in [0.1, 0.15) is 11.4 Å². The second-order valence-electron chi connectivity index (χ2n) is 6.63. The van der Waals surface area contributed by atoms with E-state index in [9.17, 15) is 24.2 Å². The quantitative estimate of drug-likeness (QED) is 0.650. The number of benzene rings is 1. The van der Waals surface area contributed by atoms with E-state index >= 15 is 0 Å². The first-order valence-electron chi connectivity index (χ1n) is 7.96. The van der Waals surface area contributed by atoms with E-state index in [0.717, 1.165) is 0 Å². The Morgan fingerprint density at radius 3 is 2.54 bits per heavy atom. The van der Waals surface area contributed by atoms with E-state index in [-0.39, 0.29) is 5.56 Å². The lowest BCUT2D eigenvalue weighted by Crippen LogP contribution is -2.60. The van der Waals surface area contributed by atoms with Gasteiger partial charge in [0.25, 0.3) is 5.91 Å². The highest BCUT2D eigenvalue weighted by Crippen LogP contribution is 2.20. The molecule has 24 heavy (non-hydrogen) atoms. The Morgan fingerprint density at radius 1 is 1.21 bits per heavy atom. The third-order valence-corrected chi connectivity index (χ3v) is 4.25. The predicted molar refractivity (Wildman–Crippen MR) is 85.7 cm³/mol. The normalized spacial score (nSPS) is 24.3. The number of nitrogens with one attached hydrogen (secondary N) is 2. The Labute approximate surface area is 140 Å². The molecule has 7 heteroatoms. The smallest absolute Gasteiger partial charge is 0.255 e. The molecule has 0 aromatic heterocycles. The van der Waals surface area contributed by atoms with Crippen molar-refractivity contribution in [1.82, 2.24) is 10.6 Å². The fraction of sp³-hybridized carbons (Fsp3) is 0.529. The number of hydrogen-bond acceptors (Lipinski definition) is 4. The standard InChI is InChI=1S/C17H23FN2O4/c1-17(2,20-15(23)10-6-3-4-7-11(10)18)16(24)19-12-8-5-9-13(21)14(12)22/h3-4,6-7,12-14,21-22H,5,8-9H2,1-2H3,(H,19,24)(H,20,23)/t12-,13-,14-/m1/s1. The van der Waals surface area contributed by atoms with Crippen LogP contribution in [0.5, 0.6) is 0 Å². The lowest BCUT2D eigenvalue weighted by atomic mass is 9.89. The molecule has 0 radical (unpaired) electrons. The van der Waals surface area contributed by atoms with E-state index < -0.39 is 41.4 Å². The molecule has 6 nitrogen and oxygen atoms in total. The van der Waals surface area contributed by atoms with Crippen LogP contribution in [0.1, 0.15) is 43.5 Å². The fourth-order valence-electron chi connectivity index (χ4n) is 2.72. The van der Waals surface area contributed by atoms with E-state index in [2.05, 4.69) is 10.6 Å². The summed E-state index contributed by atoms with van der Waals surface area (Å²) in [6.07, 6.45) is -0.200. The van der Waals surface area contributed by atoms with Crippen LogP contribution in [0.25, 0.3) is 0 Å². The van der Waals surface area contributed by atoms with Gasteiger partial charge < -0.3 is 20.8 Å². The van der Waals surface area contributed by atoms with Crippen LogP contribution in [-0.4, -0.2) is 45.8 Å². The zero-order chi connectivity index (χ0) is 17.9. The summed E-state index contributed by atoms with van der Waals surface area (Å²) in [6.45, 7) is 2.99. The molecule has 4 N–H and O–H groups in total. The highest BCUT2D eigenvalue weighted by molar-refractivity contribution is 5.99. The molecule has 2 rings (SSSR count). The molecular weight excluding hydrogens is 315 g/mol. The Hall–Kier alpha value is -1.99. The van der Waals surface area contributed by atoms with Crippen molar-refractivity contribution in [1.29, 1.82) is 0 Å². The van der Waals surface area contributed by atoms with E-state index in [1.54, 1.807) is 0 Å². The zero-order valence-electron chi connectivity index (χ0n) is 13.8. The van der Waals surface area contributed by atoms with Crippen LogP contribution in [0.4, 0.5) is 4.39 Å². The summed E-state index contributed by atoms with van der Waals surface area (Å²) in [4.78, 5) is 24.6. The number of hydrogen-bond donors (Lipinski definition) is 4. The molecule has 3 atom stereocenters. The van der Waals surface area contributed by atoms with Gasteiger partial charge in [-0.15, -0.1) is 0 Å². The molecule has 0 saturated heterocycles. The molecule has 2 amide bonds. The maximum atomic E-state index is 13.7. The summed E-state index contributed by atoms with van der Waals surface area (Å²) in [5.41, 5.74) is -1.45. The van der Waals surface area contributed by atoms with Crippen molar-refractivity contribution in [3.8, 4) is 0 Å². The largest absolute Gasteiger partial charge is 0.390 e. The Kier molecular flexibility index (Phi) is 5.56. The predicted octanol–water partition coefficient (Wildman–Crippen LogP) is 0.725. The monoisotopic (exact) mass is 338 g/mol. The molecule has 0 heterocycles. The summed E-state index contributed by atoms with van der Waals surface area (Å²) < 4.78 is 13.7. The number of aliphatic hydroxyl groups is 2. The molecule has 0 spiro atoms. The van der Waals surface area contributed by atoms with Gasteiger partial charge in [-0.25, -0.2) is 4.39 Å². The van der Waals surface area contributed by atoms with Crippen LogP contribution in [0.15, 0.2) is 24.3 Å². The van der Waals surface area contributed by atoms with Crippen molar-refractivity contribution in [2.24, 2.45) is 0 Å². The lowest BCUT2D eigenvalue weighted by Gasteiger charge is -2.35. The Bertz CT molecular complexity index is 620. The molecule has 0 aliphatic heterocycles. The maximum Gasteiger partial charge on any atom is 0.255 e. The van der Waals surface area contributed by atoms with E-state index in [1.807, 2.05) is 0 Å². The summed E-state index contributed by atoms with van der Waals surface area (Å²) in [5, 5.41) is 24.8. The molecule has 0 unspecified atom stereocenters. The van der Waals surface area contributed by atoms with Gasteiger partial charge >= 0.3 is 0 Å². The number of aliphatic hydroxyl groups excluding tert-OH is 2. The molecular formula is C17H23FN2O4. The van der Waals surface area contributed by atoms with Crippen molar-refractivity contribution < 1.29 is 24.2 Å². The zero-order valence-corrected chi connectivity index (χ0v) is 13.8. The maximum absolute atomic E-state index is 13.7. The van der Waals surface area contributed by atoms with Crippen LogP contribution < -0.4 is 10.6 Å². The molecule has 1 aromatic carbocycles.